The van der Waals surface area contributed by atoms with E-state index in [1.54, 1.807) is 18.7 Å². The van der Waals surface area contributed by atoms with Gasteiger partial charge in [0.2, 0.25) is 5.91 Å². The van der Waals surface area contributed by atoms with Gasteiger partial charge in [0.15, 0.2) is 18.1 Å². The van der Waals surface area contributed by atoms with E-state index in [1.807, 2.05) is 6.92 Å². The van der Waals surface area contributed by atoms with Crippen molar-refractivity contribution in [3.8, 4) is 11.5 Å². The fourth-order valence-corrected chi connectivity index (χ4v) is 2.48. The summed E-state index contributed by atoms with van der Waals surface area (Å²) in [6.45, 7) is 3.10. The quantitative estimate of drug-likeness (QED) is 0.593. The Hall–Kier alpha value is -3.56. The molecule has 0 spiro atoms. The average Bonchev–Trinajstić information content (AvgIpc) is 2.90. The molecule has 1 aromatic heterocycles. The molecule has 10 nitrogen and oxygen atoms in total. The number of primary amides is 1. The first kappa shape index (κ1) is 20.7. The molecule has 0 bridgehead atoms. The third kappa shape index (κ3) is 5.00. The highest BCUT2D eigenvalue weighted by Gasteiger charge is 2.15. The van der Waals surface area contributed by atoms with Crippen molar-refractivity contribution < 1.29 is 23.9 Å². The molecule has 0 saturated carbocycles. The summed E-state index contributed by atoms with van der Waals surface area (Å²) in [6.07, 6.45) is 0. The lowest BCUT2D eigenvalue weighted by Crippen LogP contribution is -2.33. The van der Waals surface area contributed by atoms with Gasteiger partial charge in [-0.1, -0.05) is 0 Å². The van der Waals surface area contributed by atoms with Gasteiger partial charge in [-0.2, -0.15) is 5.10 Å². The van der Waals surface area contributed by atoms with Crippen molar-refractivity contribution in [3.63, 3.8) is 0 Å². The van der Waals surface area contributed by atoms with Crippen LogP contribution in [0, 0.1) is 13.8 Å². The van der Waals surface area contributed by atoms with E-state index in [2.05, 4.69) is 15.7 Å². The maximum Gasteiger partial charge on any atom is 0.255 e. The Balaban J connectivity index is 1.98. The first-order chi connectivity index (χ1) is 13.2. The van der Waals surface area contributed by atoms with Crippen molar-refractivity contribution in [1.82, 2.24) is 15.1 Å². The maximum atomic E-state index is 12.3. The topological polar surface area (TPSA) is 138 Å². The van der Waals surface area contributed by atoms with Gasteiger partial charge in [0.05, 0.1) is 30.7 Å². The zero-order chi connectivity index (χ0) is 20.8. The number of benzene rings is 1. The van der Waals surface area contributed by atoms with Crippen LogP contribution in [0.4, 0.5) is 5.69 Å². The largest absolute Gasteiger partial charge is 0.493 e. The molecule has 0 unspecified atom stereocenters. The summed E-state index contributed by atoms with van der Waals surface area (Å²) in [7, 11) is 3.18. The molecule has 0 saturated heterocycles. The zero-order valence-electron chi connectivity index (χ0n) is 16.2. The number of aryl methyl sites for hydroxylation is 2. The number of rotatable bonds is 8. The van der Waals surface area contributed by atoms with Gasteiger partial charge in [0, 0.05) is 12.6 Å². The fraction of sp³-hybridized carbons (Fsp3) is 0.333. The molecule has 28 heavy (non-hydrogen) atoms. The van der Waals surface area contributed by atoms with Gasteiger partial charge < -0.3 is 25.8 Å². The van der Waals surface area contributed by atoms with E-state index in [0.717, 1.165) is 5.69 Å². The minimum atomic E-state index is -0.631. The first-order valence-corrected chi connectivity index (χ1v) is 8.40. The maximum absolute atomic E-state index is 12.3. The van der Waals surface area contributed by atoms with Crippen LogP contribution in [0.25, 0.3) is 0 Å². The van der Waals surface area contributed by atoms with E-state index in [-0.39, 0.29) is 36.1 Å². The monoisotopic (exact) mass is 389 g/mol. The lowest BCUT2D eigenvalue weighted by atomic mass is 10.2. The molecular formula is C18H23N5O5. The van der Waals surface area contributed by atoms with Crippen LogP contribution in [-0.2, 0) is 16.6 Å². The molecule has 10 heteroatoms. The molecule has 0 radical (unpaired) electrons. The van der Waals surface area contributed by atoms with Crippen LogP contribution in [0.2, 0.25) is 0 Å². The van der Waals surface area contributed by atoms with Crippen molar-refractivity contribution in [2.24, 2.45) is 12.8 Å². The normalized spacial score (nSPS) is 10.3. The molecule has 3 amide bonds. The van der Waals surface area contributed by atoms with Crippen molar-refractivity contribution in [2.45, 2.75) is 13.8 Å². The molecule has 1 heterocycles. The third-order valence-electron chi connectivity index (χ3n) is 3.98. The summed E-state index contributed by atoms with van der Waals surface area (Å²) in [5.74, 6) is -0.928. The number of nitrogens with zero attached hydrogens (tertiary/aromatic N) is 2. The standard InChI is InChI=1S/C18H23N5O5/c1-10-17(11(2)23(3)22-10)21-16(25)8-20-18(26)12-5-6-13(14(7-12)27-4)28-9-15(19)24/h5-7H,8-9H2,1-4H3,(H2,19,24)(H,20,26)(H,21,25). The predicted molar refractivity (Wildman–Crippen MR) is 101 cm³/mol. The van der Waals surface area contributed by atoms with Gasteiger partial charge in [-0.15, -0.1) is 0 Å². The molecule has 2 rings (SSSR count). The number of nitrogens with one attached hydrogen (secondary N) is 2. The Morgan fingerprint density at radius 2 is 1.93 bits per heavy atom. The highest BCUT2D eigenvalue weighted by atomic mass is 16.5. The second-order valence-corrected chi connectivity index (χ2v) is 6.02. The van der Waals surface area contributed by atoms with Crippen molar-refractivity contribution >= 4 is 23.4 Å². The molecular weight excluding hydrogens is 366 g/mol. The first-order valence-electron chi connectivity index (χ1n) is 8.40. The highest BCUT2D eigenvalue weighted by Crippen LogP contribution is 2.28. The predicted octanol–water partition coefficient (Wildman–Crippen LogP) is 0.278. The lowest BCUT2D eigenvalue weighted by molar-refractivity contribution is -0.120. The van der Waals surface area contributed by atoms with Gasteiger partial charge in [-0.05, 0) is 32.0 Å². The number of nitrogens with two attached hydrogens (primary N) is 1. The summed E-state index contributed by atoms with van der Waals surface area (Å²) < 4.78 is 12.0. The van der Waals surface area contributed by atoms with Gasteiger partial charge >= 0.3 is 0 Å². The van der Waals surface area contributed by atoms with Gasteiger partial charge in [-0.3, -0.25) is 19.1 Å². The van der Waals surface area contributed by atoms with Crippen LogP contribution in [0.3, 0.4) is 0 Å². The summed E-state index contributed by atoms with van der Waals surface area (Å²) >= 11 is 0. The summed E-state index contributed by atoms with van der Waals surface area (Å²) in [5, 5.41) is 9.50. The van der Waals surface area contributed by atoms with Crippen LogP contribution >= 0.6 is 0 Å². The van der Waals surface area contributed by atoms with E-state index in [4.69, 9.17) is 15.2 Å². The zero-order valence-corrected chi connectivity index (χ0v) is 16.2. The Labute approximate surface area is 162 Å². The number of anilines is 1. The van der Waals surface area contributed by atoms with Crippen molar-refractivity contribution in [1.29, 1.82) is 0 Å². The van der Waals surface area contributed by atoms with E-state index >= 15 is 0 Å². The van der Waals surface area contributed by atoms with E-state index < -0.39 is 11.8 Å². The molecule has 0 atom stereocenters. The Morgan fingerprint density at radius 1 is 1.21 bits per heavy atom. The van der Waals surface area contributed by atoms with Crippen molar-refractivity contribution in [2.75, 3.05) is 25.6 Å². The number of carbonyl (C=O) groups is 3. The van der Waals surface area contributed by atoms with Crippen molar-refractivity contribution in [3.05, 3.63) is 35.2 Å². The number of methoxy groups -OCH3 is 1. The van der Waals surface area contributed by atoms with E-state index in [1.165, 1.54) is 25.3 Å². The van der Waals surface area contributed by atoms with Gasteiger partial charge in [-0.25, -0.2) is 0 Å². The third-order valence-corrected chi connectivity index (χ3v) is 3.98. The Bertz CT molecular complexity index is 906. The number of amides is 3. The Kier molecular flexibility index (Phi) is 6.59. The lowest BCUT2D eigenvalue weighted by Gasteiger charge is -2.11. The van der Waals surface area contributed by atoms with Crippen LogP contribution in [0.1, 0.15) is 21.7 Å². The minimum Gasteiger partial charge on any atom is -0.493 e. The number of carbonyl (C=O) groups excluding carboxylic acids is 3. The SMILES string of the molecule is COc1cc(C(=O)NCC(=O)Nc2c(C)nn(C)c2C)ccc1OCC(N)=O. The van der Waals surface area contributed by atoms with Crippen LogP contribution in [-0.4, -0.2) is 47.8 Å². The second-order valence-electron chi connectivity index (χ2n) is 6.02. The van der Waals surface area contributed by atoms with Gasteiger partial charge in [0.1, 0.15) is 0 Å². The molecule has 4 N–H and O–H groups in total. The average molecular weight is 389 g/mol. The fourth-order valence-electron chi connectivity index (χ4n) is 2.48. The van der Waals surface area contributed by atoms with E-state index in [9.17, 15) is 14.4 Å². The number of aromatic nitrogens is 2. The van der Waals surface area contributed by atoms with Crippen LogP contribution < -0.4 is 25.8 Å². The Morgan fingerprint density at radius 3 is 2.50 bits per heavy atom. The molecule has 0 fully saturated rings. The molecule has 0 aliphatic carbocycles. The van der Waals surface area contributed by atoms with Crippen LogP contribution in [0.5, 0.6) is 11.5 Å². The summed E-state index contributed by atoms with van der Waals surface area (Å²) in [4.78, 5) is 35.3. The smallest absolute Gasteiger partial charge is 0.255 e. The second kappa shape index (κ2) is 8.89. The summed E-state index contributed by atoms with van der Waals surface area (Å²) in [5.41, 5.74) is 7.44. The molecule has 2 aromatic rings. The van der Waals surface area contributed by atoms with E-state index in [0.29, 0.717) is 11.4 Å². The number of ether oxygens (including phenoxy) is 2. The van der Waals surface area contributed by atoms with Gasteiger partial charge in [0.25, 0.3) is 11.8 Å². The molecule has 150 valence electrons. The number of hydrogen-bond donors (Lipinski definition) is 3. The highest BCUT2D eigenvalue weighted by molar-refractivity contribution is 6.00. The molecule has 0 aliphatic rings. The number of hydrogen-bond acceptors (Lipinski definition) is 6. The molecule has 0 aliphatic heterocycles. The van der Waals surface area contributed by atoms with Crippen LogP contribution in [0.15, 0.2) is 18.2 Å². The minimum absolute atomic E-state index is 0.213. The summed E-state index contributed by atoms with van der Waals surface area (Å²) in [6, 6.07) is 4.42. The molecule has 1 aromatic carbocycles.